The van der Waals surface area contributed by atoms with Crippen LogP contribution in [0.25, 0.3) is 31.7 Å². The maximum atomic E-state index is 10.5. The molecule has 0 saturated heterocycles. The molecule has 4 aromatic rings. The van der Waals surface area contributed by atoms with E-state index >= 15 is 0 Å². The predicted molar refractivity (Wildman–Crippen MR) is 131 cm³/mol. The second kappa shape index (κ2) is 8.27. The van der Waals surface area contributed by atoms with Gasteiger partial charge in [0.15, 0.2) is 0 Å². The quantitative estimate of drug-likeness (QED) is 0.402. The fourth-order valence-corrected chi connectivity index (χ4v) is 5.40. The standard InChI is InChI=1S/C28H24O2S/c1-18-14-21-6-2-4-8-23(21)25(26(30)17-29)16-24(18)19-10-12-20(13-11-19)28-15-22-7-3-5-9-27(22)31-28/h2-13,15-16,26,29-30H,14,17H2,1H3. The largest absolute Gasteiger partial charge is 0.393 e. The zero-order chi connectivity index (χ0) is 21.4. The van der Waals surface area contributed by atoms with Crippen molar-refractivity contribution in [3.8, 4) is 10.4 Å². The Kier molecular flexibility index (Phi) is 5.33. The summed E-state index contributed by atoms with van der Waals surface area (Å²) < 4.78 is 1.30. The molecule has 3 aromatic carbocycles. The van der Waals surface area contributed by atoms with Crippen LogP contribution in [0, 0.1) is 0 Å². The molecule has 1 atom stereocenters. The molecule has 0 aliphatic heterocycles. The number of aliphatic hydroxyl groups excluding tert-OH is 2. The van der Waals surface area contributed by atoms with E-state index in [1.54, 1.807) is 0 Å². The van der Waals surface area contributed by atoms with Gasteiger partial charge in [0.25, 0.3) is 0 Å². The monoisotopic (exact) mass is 424 g/mol. The van der Waals surface area contributed by atoms with Gasteiger partial charge in [0.2, 0.25) is 0 Å². The Balaban J connectivity index is 1.55. The molecule has 0 spiro atoms. The van der Waals surface area contributed by atoms with E-state index < -0.39 is 6.10 Å². The molecule has 1 aromatic heterocycles. The van der Waals surface area contributed by atoms with E-state index in [4.69, 9.17) is 0 Å². The first-order valence-electron chi connectivity index (χ1n) is 10.5. The first kappa shape index (κ1) is 20.0. The van der Waals surface area contributed by atoms with Gasteiger partial charge in [-0.05, 0) is 70.3 Å². The Hall–Kier alpha value is -2.98. The van der Waals surface area contributed by atoms with Crippen LogP contribution in [-0.2, 0) is 6.42 Å². The normalized spacial score (nSPS) is 14.9. The van der Waals surface area contributed by atoms with Gasteiger partial charge in [0, 0.05) is 9.58 Å². The summed E-state index contributed by atoms with van der Waals surface area (Å²) in [5.74, 6) is 0. The first-order valence-corrected chi connectivity index (χ1v) is 11.3. The minimum atomic E-state index is -0.903. The van der Waals surface area contributed by atoms with Crippen LogP contribution in [0.2, 0.25) is 0 Å². The minimum absolute atomic E-state index is 0.294. The molecule has 1 heterocycles. The lowest BCUT2D eigenvalue weighted by Gasteiger charge is -2.15. The minimum Gasteiger partial charge on any atom is -0.393 e. The fraction of sp³-hybridized carbons (Fsp3) is 0.143. The highest BCUT2D eigenvalue weighted by Crippen LogP contribution is 2.37. The summed E-state index contributed by atoms with van der Waals surface area (Å²) in [6, 6.07) is 27.5. The van der Waals surface area contributed by atoms with Crippen LogP contribution in [0.15, 0.2) is 90.5 Å². The molecule has 0 fully saturated rings. The van der Waals surface area contributed by atoms with Gasteiger partial charge in [-0.1, -0.05) is 72.3 Å². The molecule has 0 saturated carbocycles. The summed E-state index contributed by atoms with van der Waals surface area (Å²) in [4.78, 5) is 1.26. The number of benzene rings is 3. The summed E-state index contributed by atoms with van der Waals surface area (Å²) in [7, 11) is 0. The molecule has 0 bridgehead atoms. The van der Waals surface area contributed by atoms with Crippen molar-refractivity contribution < 1.29 is 10.2 Å². The summed E-state index contributed by atoms with van der Waals surface area (Å²) >= 11 is 1.81. The van der Waals surface area contributed by atoms with Gasteiger partial charge >= 0.3 is 0 Å². The van der Waals surface area contributed by atoms with Crippen LogP contribution in [0.1, 0.15) is 23.6 Å². The van der Waals surface area contributed by atoms with Crippen LogP contribution < -0.4 is 0 Å². The predicted octanol–water partition coefficient (Wildman–Crippen LogP) is 6.33. The lowest BCUT2D eigenvalue weighted by Crippen LogP contribution is -2.15. The second-order valence-corrected chi connectivity index (χ2v) is 9.14. The number of hydrogen-bond acceptors (Lipinski definition) is 3. The topological polar surface area (TPSA) is 40.5 Å². The van der Waals surface area contributed by atoms with E-state index in [9.17, 15) is 10.2 Å². The van der Waals surface area contributed by atoms with E-state index in [0.29, 0.717) is 0 Å². The van der Waals surface area contributed by atoms with E-state index in [2.05, 4.69) is 73.7 Å². The molecule has 0 radical (unpaired) electrons. The lowest BCUT2D eigenvalue weighted by molar-refractivity contribution is 0.138. The molecule has 5 rings (SSSR count). The zero-order valence-electron chi connectivity index (χ0n) is 17.4. The van der Waals surface area contributed by atoms with Crippen LogP contribution in [0.5, 0.6) is 0 Å². The Labute approximate surface area is 186 Å². The molecule has 2 N–H and O–H groups in total. The highest BCUT2D eigenvalue weighted by molar-refractivity contribution is 7.22. The number of allylic oxidation sites excluding steroid dienone is 3. The lowest BCUT2D eigenvalue weighted by atomic mass is 9.94. The number of hydrogen-bond donors (Lipinski definition) is 2. The van der Waals surface area contributed by atoms with Gasteiger partial charge in [-0.3, -0.25) is 0 Å². The van der Waals surface area contributed by atoms with Gasteiger partial charge in [-0.2, -0.15) is 0 Å². The molecule has 1 aliphatic rings. The molecule has 3 heteroatoms. The Morgan fingerprint density at radius 2 is 1.61 bits per heavy atom. The average molecular weight is 425 g/mol. The second-order valence-electron chi connectivity index (χ2n) is 8.05. The molecule has 1 aliphatic carbocycles. The maximum absolute atomic E-state index is 10.5. The van der Waals surface area contributed by atoms with Gasteiger partial charge in [-0.25, -0.2) is 0 Å². The van der Waals surface area contributed by atoms with Crippen molar-refractivity contribution in [1.82, 2.24) is 0 Å². The van der Waals surface area contributed by atoms with Crippen LogP contribution >= 0.6 is 11.3 Å². The molecule has 0 amide bonds. The maximum Gasteiger partial charge on any atom is 0.103 e. The summed E-state index contributed by atoms with van der Waals surface area (Å²) in [5, 5.41) is 21.4. The molecule has 31 heavy (non-hydrogen) atoms. The highest BCUT2D eigenvalue weighted by Gasteiger charge is 2.20. The number of fused-ring (bicyclic) bond motifs is 2. The third-order valence-electron chi connectivity index (χ3n) is 5.98. The first-order chi connectivity index (χ1) is 15.1. The molecule has 2 nitrogen and oxygen atoms in total. The van der Waals surface area contributed by atoms with Crippen molar-refractivity contribution in [2.75, 3.05) is 6.61 Å². The van der Waals surface area contributed by atoms with Gasteiger partial charge in [-0.15, -0.1) is 11.3 Å². The molecular formula is C28H24O2S. The Morgan fingerprint density at radius 1 is 0.903 bits per heavy atom. The van der Waals surface area contributed by atoms with Crippen molar-refractivity contribution in [1.29, 1.82) is 0 Å². The Bertz CT molecular complexity index is 1280. The molecule has 154 valence electrons. The van der Waals surface area contributed by atoms with Crippen molar-refractivity contribution >= 4 is 32.6 Å². The summed E-state index contributed by atoms with van der Waals surface area (Å²) in [6.07, 6.45) is 1.97. The summed E-state index contributed by atoms with van der Waals surface area (Å²) in [6.45, 7) is 1.86. The van der Waals surface area contributed by atoms with Crippen LogP contribution in [0.4, 0.5) is 0 Å². The van der Waals surface area contributed by atoms with Crippen molar-refractivity contribution in [3.63, 3.8) is 0 Å². The van der Waals surface area contributed by atoms with Crippen molar-refractivity contribution in [2.24, 2.45) is 0 Å². The van der Waals surface area contributed by atoms with Gasteiger partial charge < -0.3 is 10.2 Å². The highest BCUT2D eigenvalue weighted by atomic mass is 32.1. The third kappa shape index (κ3) is 3.77. The van der Waals surface area contributed by atoms with E-state index in [-0.39, 0.29) is 6.61 Å². The summed E-state index contributed by atoms with van der Waals surface area (Å²) in [5.41, 5.74) is 7.66. The number of thiophene rings is 1. The average Bonchev–Trinajstić information content (AvgIpc) is 3.18. The van der Waals surface area contributed by atoms with Gasteiger partial charge in [0.05, 0.1) is 6.61 Å². The zero-order valence-corrected chi connectivity index (χ0v) is 18.2. The molecule has 1 unspecified atom stereocenters. The van der Waals surface area contributed by atoms with Crippen LogP contribution in [-0.4, -0.2) is 22.9 Å². The fourth-order valence-electron chi connectivity index (χ4n) is 4.34. The smallest absolute Gasteiger partial charge is 0.103 e. The van der Waals surface area contributed by atoms with Crippen molar-refractivity contribution in [2.45, 2.75) is 19.4 Å². The van der Waals surface area contributed by atoms with E-state index in [0.717, 1.165) is 28.7 Å². The van der Waals surface area contributed by atoms with Crippen LogP contribution in [0.3, 0.4) is 0 Å². The third-order valence-corrected chi connectivity index (χ3v) is 7.15. The number of aliphatic hydroxyl groups is 2. The van der Waals surface area contributed by atoms with Gasteiger partial charge in [0.1, 0.15) is 6.10 Å². The van der Waals surface area contributed by atoms with E-state index in [1.807, 2.05) is 29.5 Å². The number of rotatable bonds is 4. The SMILES string of the molecule is CC1=C(c2ccc(-c3cc4ccccc4s3)cc2)C=C(C(O)CO)c2ccccc2C1. The Morgan fingerprint density at radius 3 is 2.39 bits per heavy atom. The van der Waals surface area contributed by atoms with Crippen molar-refractivity contribution in [3.05, 3.63) is 107 Å². The van der Waals surface area contributed by atoms with E-state index in [1.165, 1.54) is 31.7 Å². The molecular weight excluding hydrogens is 400 g/mol.